The van der Waals surface area contributed by atoms with E-state index in [-0.39, 0.29) is 0 Å². The van der Waals surface area contributed by atoms with E-state index in [1.807, 2.05) is 67.7 Å². The van der Waals surface area contributed by atoms with Crippen molar-refractivity contribution < 1.29 is 4.74 Å². The van der Waals surface area contributed by atoms with Crippen molar-refractivity contribution >= 4 is 17.2 Å². The number of hydrogen-bond acceptors (Lipinski definition) is 5. The number of aryl methyl sites for hydroxylation is 1. The van der Waals surface area contributed by atoms with Crippen LogP contribution in [0.15, 0.2) is 109 Å². The second kappa shape index (κ2) is 11.6. The molecule has 1 N–H and O–H groups in total. The highest BCUT2D eigenvalue weighted by atomic mass is 16.5. The van der Waals surface area contributed by atoms with E-state index in [0.29, 0.717) is 5.84 Å². The highest BCUT2D eigenvalue weighted by molar-refractivity contribution is 6.09. The fraction of sp³-hybridized carbons (Fsp3) is 0.172. The van der Waals surface area contributed by atoms with Crippen LogP contribution in [0.3, 0.4) is 0 Å². The number of anilines is 1. The molecule has 1 aliphatic heterocycles. The number of ether oxygens (including phenoxy) is 1. The Hall–Kier alpha value is -4.21. The van der Waals surface area contributed by atoms with Crippen LogP contribution < -0.4 is 10.1 Å². The van der Waals surface area contributed by atoms with Crippen molar-refractivity contribution in [1.29, 1.82) is 0 Å². The van der Waals surface area contributed by atoms with Gasteiger partial charge in [-0.3, -0.25) is 0 Å². The lowest BCUT2D eigenvalue weighted by Gasteiger charge is -2.29. The van der Waals surface area contributed by atoms with Crippen LogP contribution in [-0.4, -0.2) is 22.7 Å². The maximum atomic E-state index is 5.29. The third-order valence-electron chi connectivity index (χ3n) is 5.46. The minimum absolute atomic E-state index is 0.702. The summed E-state index contributed by atoms with van der Waals surface area (Å²) in [5.74, 6) is 1.52. The number of nitrogens with zero attached hydrogens (tertiary/aromatic N) is 3. The molecule has 0 fully saturated rings. The van der Waals surface area contributed by atoms with Crippen LogP contribution in [0.4, 0.5) is 5.69 Å². The largest absolute Gasteiger partial charge is 0.497 e. The number of allylic oxidation sites excluding steroid dienone is 2. The first-order valence-corrected chi connectivity index (χ1v) is 11.2. The van der Waals surface area contributed by atoms with Gasteiger partial charge in [0.25, 0.3) is 0 Å². The molecule has 5 heteroatoms. The Morgan fingerprint density at radius 1 is 1.21 bits per heavy atom. The second-order valence-electron chi connectivity index (χ2n) is 7.75. The molecule has 3 rings (SSSR count). The Morgan fingerprint density at radius 3 is 2.59 bits per heavy atom. The average molecular weight is 453 g/mol. The van der Waals surface area contributed by atoms with Crippen molar-refractivity contribution in [3.05, 3.63) is 121 Å². The Kier molecular flexibility index (Phi) is 8.33. The first-order chi connectivity index (χ1) is 16.5. The molecule has 0 saturated heterocycles. The molecule has 1 aliphatic rings. The zero-order chi connectivity index (χ0) is 24.5. The van der Waals surface area contributed by atoms with Gasteiger partial charge in [-0.1, -0.05) is 31.4 Å². The molecule has 0 radical (unpaired) electrons. The van der Waals surface area contributed by atoms with Gasteiger partial charge in [-0.2, -0.15) is 0 Å². The molecule has 34 heavy (non-hydrogen) atoms. The van der Waals surface area contributed by atoms with E-state index in [9.17, 15) is 0 Å². The van der Waals surface area contributed by atoms with Crippen LogP contribution in [0, 0.1) is 6.92 Å². The molecular formula is C29H32N4O. The fourth-order valence-electron chi connectivity index (χ4n) is 3.72. The molecule has 0 saturated carbocycles. The summed E-state index contributed by atoms with van der Waals surface area (Å²) in [7, 11) is 1.67. The molecule has 0 bridgehead atoms. The predicted octanol–water partition coefficient (Wildman–Crippen LogP) is 6.81. The van der Waals surface area contributed by atoms with E-state index >= 15 is 0 Å². The molecular weight excluding hydrogens is 420 g/mol. The first-order valence-electron chi connectivity index (χ1n) is 11.2. The number of nitrogens with one attached hydrogen (secondary N) is 1. The van der Waals surface area contributed by atoms with Gasteiger partial charge in [-0.25, -0.2) is 4.99 Å². The molecule has 0 atom stereocenters. The molecule has 0 unspecified atom stereocenters. The van der Waals surface area contributed by atoms with Crippen molar-refractivity contribution in [3.63, 3.8) is 0 Å². The Balaban J connectivity index is 1.76. The van der Waals surface area contributed by atoms with Gasteiger partial charge >= 0.3 is 0 Å². The van der Waals surface area contributed by atoms with E-state index < -0.39 is 0 Å². The molecule has 174 valence electrons. The van der Waals surface area contributed by atoms with Crippen LogP contribution >= 0.6 is 0 Å². The summed E-state index contributed by atoms with van der Waals surface area (Å²) in [4.78, 5) is 8.63. The third kappa shape index (κ3) is 5.77. The highest BCUT2D eigenvalue weighted by Gasteiger charge is 2.19. The second-order valence-corrected chi connectivity index (χ2v) is 7.75. The normalized spacial score (nSPS) is 13.5. The third-order valence-corrected chi connectivity index (χ3v) is 5.46. The molecule has 2 aromatic carbocycles. The van der Waals surface area contributed by atoms with Crippen LogP contribution in [0.5, 0.6) is 5.75 Å². The number of aliphatic imine (C=N–C) groups is 1. The van der Waals surface area contributed by atoms with E-state index in [1.165, 1.54) is 11.1 Å². The van der Waals surface area contributed by atoms with E-state index in [2.05, 4.69) is 65.3 Å². The Bertz CT molecular complexity index is 1200. The van der Waals surface area contributed by atoms with E-state index in [1.54, 1.807) is 13.3 Å². The van der Waals surface area contributed by atoms with Crippen molar-refractivity contribution in [2.24, 2.45) is 4.99 Å². The van der Waals surface area contributed by atoms with Gasteiger partial charge < -0.3 is 19.9 Å². The fourth-order valence-corrected chi connectivity index (χ4v) is 3.72. The van der Waals surface area contributed by atoms with Gasteiger partial charge in [0, 0.05) is 42.7 Å². The van der Waals surface area contributed by atoms with Gasteiger partial charge in [-0.05, 0) is 73.9 Å². The van der Waals surface area contributed by atoms with Gasteiger partial charge in [0.2, 0.25) is 0 Å². The quantitative estimate of drug-likeness (QED) is 0.447. The monoisotopic (exact) mass is 452 g/mol. The molecule has 0 aliphatic carbocycles. The Labute approximate surface area is 203 Å². The van der Waals surface area contributed by atoms with Gasteiger partial charge in [0.15, 0.2) is 5.84 Å². The van der Waals surface area contributed by atoms with E-state index in [4.69, 9.17) is 4.74 Å². The van der Waals surface area contributed by atoms with Crippen molar-refractivity contribution in [1.82, 2.24) is 9.80 Å². The number of hydrogen-bond donors (Lipinski definition) is 1. The summed E-state index contributed by atoms with van der Waals surface area (Å²) >= 11 is 0. The summed E-state index contributed by atoms with van der Waals surface area (Å²) in [6.45, 7) is 14.8. The smallest absolute Gasteiger partial charge is 0.154 e. The average Bonchev–Trinajstić information content (AvgIpc) is 2.84. The minimum atomic E-state index is 0.702. The summed E-state index contributed by atoms with van der Waals surface area (Å²) < 4.78 is 5.29. The summed E-state index contributed by atoms with van der Waals surface area (Å²) in [6, 6.07) is 14.3. The van der Waals surface area contributed by atoms with Crippen molar-refractivity contribution in [2.45, 2.75) is 27.3 Å². The summed E-state index contributed by atoms with van der Waals surface area (Å²) in [6.07, 6.45) is 11.6. The highest BCUT2D eigenvalue weighted by Crippen LogP contribution is 2.28. The van der Waals surface area contributed by atoms with Crippen LogP contribution in [-0.2, 0) is 6.54 Å². The lowest BCUT2D eigenvalue weighted by atomic mass is 10.1. The zero-order valence-corrected chi connectivity index (χ0v) is 20.4. The van der Waals surface area contributed by atoms with Crippen molar-refractivity contribution in [2.75, 3.05) is 12.4 Å². The molecule has 0 amide bonds. The minimum Gasteiger partial charge on any atom is -0.497 e. The lowest BCUT2D eigenvalue weighted by Crippen LogP contribution is -2.28. The molecule has 2 aromatic rings. The molecule has 1 heterocycles. The van der Waals surface area contributed by atoms with Gasteiger partial charge in [0.1, 0.15) is 5.75 Å². The van der Waals surface area contributed by atoms with Gasteiger partial charge in [-0.15, -0.1) is 5.73 Å². The number of rotatable bonds is 8. The Morgan fingerprint density at radius 2 is 1.97 bits per heavy atom. The standard InChI is InChI=1S/C29H32N4O/c1-7-17-32(18-8-2)21-25-10-13-26(20-22(25)4)31-29-23(5)33(19-16-30-29)28(9-3)24-11-14-27(34-6)15-12-24/h8-20H,1,5,21H2,2-4,6H3,(H,30,31)/b18-8-,28-9-. The molecule has 5 nitrogen and oxygen atoms in total. The maximum absolute atomic E-state index is 5.29. The number of methoxy groups -OCH3 is 1. The topological polar surface area (TPSA) is 40.1 Å². The number of amidine groups is 1. The van der Waals surface area contributed by atoms with Crippen LogP contribution in [0.1, 0.15) is 30.5 Å². The van der Waals surface area contributed by atoms with Crippen LogP contribution in [0.25, 0.3) is 5.70 Å². The summed E-state index contributed by atoms with van der Waals surface area (Å²) in [5, 5.41) is 3.43. The molecule has 0 aromatic heterocycles. The van der Waals surface area contributed by atoms with Crippen LogP contribution in [0.2, 0.25) is 0 Å². The molecule has 0 spiro atoms. The number of benzene rings is 2. The van der Waals surface area contributed by atoms with Gasteiger partial charge in [0.05, 0.1) is 12.8 Å². The predicted molar refractivity (Wildman–Crippen MR) is 143 cm³/mol. The SMILES string of the molecule is C=C=CN(/C=C\C)Cc1ccc(NC2=NC=CN(/C(=C\C)c3ccc(OC)cc3)C2=C)cc1C. The summed E-state index contributed by atoms with van der Waals surface area (Å²) in [5.41, 5.74) is 9.04. The maximum Gasteiger partial charge on any atom is 0.154 e. The first kappa shape index (κ1) is 24.4. The van der Waals surface area contributed by atoms with E-state index in [0.717, 1.165) is 34.9 Å². The zero-order valence-electron chi connectivity index (χ0n) is 20.4. The van der Waals surface area contributed by atoms with Crippen molar-refractivity contribution in [3.8, 4) is 5.75 Å². The lowest BCUT2D eigenvalue weighted by molar-refractivity contribution is 0.414.